The molecular formula is C14H21N3O3S. The summed E-state index contributed by atoms with van der Waals surface area (Å²) in [7, 11) is -3.72. The molecule has 0 aliphatic carbocycles. The summed E-state index contributed by atoms with van der Waals surface area (Å²) < 4.78 is 28.7. The summed E-state index contributed by atoms with van der Waals surface area (Å²) in [5, 5.41) is 0. The molecule has 0 aromatic heterocycles. The highest BCUT2D eigenvalue weighted by Crippen LogP contribution is 2.17. The van der Waals surface area contributed by atoms with Crippen molar-refractivity contribution in [1.82, 2.24) is 9.03 Å². The van der Waals surface area contributed by atoms with E-state index in [0.717, 1.165) is 25.7 Å². The third kappa shape index (κ3) is 4.26. The lowest BCUT2D eigenvalue weighted by molar-refractivity contribution is -0.119. The second kappa shape index (κ2) is 7.02. The van der Waals surface area contributed by atoms with E-state index in [4.69, 9.17) is 5.73 Å². The largest absolute Gasteiger partial charge is 0.368 e. The summed E-state index contributed by atoms with van der Waals surface area (Å²) >= 11 is 0. The predicted molar refractivity (Wildman–Crippen MR) is 80.5 cm³/mol. The fourth-order valence-corrected chi connectivity index (χ4v) is 3.88. The second-order valence-electron chi connectivity index (χ2n) is 5.18. The summed E-state index contributed by atoms with van der Waals surface area (Å²) in [6, 6.07) is 7.60. The molecule has 1 aliphatic rings. The first-order valence-electron chi connectivity index (χ1n) is 7.12. The lowest BCUT2D eigenvalue weighted by atomic mass is 10.1. The van der Waals surface area contributed by atoms with Crippen molar-refractivity contribution in [3.63, 3.8) is 0 Å². The fourth-order valence-electron chi connectivity index (χ4n) is 2.44. The molecule has 0 radical (unpaired) electrons. The highest BCUT2D eigenvalue weighted by atomic mass is 32.2. The van der Waals surface area contributed by atoms with E-state index in [1.165, 1.54) is 4.31 Å². The van der Waals surface area contributed by atoms with Crippen molar-refractivity contribution in [2.75, 3.05) is 13.1 Å². The van der Waals surface area contributed by atoms with Crippen LogP contribution < -0.4 is 10.5 Å². The van der Waals surface area contributed by atoms with E-state index < -0.39 is 22.2 Å². The van der Waals surface area contributed by atoms with Crippen LogP contribution in [0.1, 0.15) is 37.3 Å². The van der Waals surface area contributed by atoms with Crippen molar-refractivity contribution in [1.29, 1.82) is 0 Å². The average Bonchev–Trinajstić information content (AvgIpc) is 2.75. The fraction of sp³-hybridized carbons (Fsp3) is 0.500. The lowest BCUT2D eigenvalue weighted by Gasteiger charge is -2.23. The molecule has 116 valence electrons. The number of carbonyl (C=O) groups excluding carboxylic acids is 1. The van der Waals surface area contributed by atoms with Gasteiger partial charge in [-0.15, -0.1) is 0 Å². The van der Waals surface area contributed by atoms with Gasteiger partial charge < -0.3 is 5.73 Å². The molecule has 1 amide bonds. The van der Waals surface area contributed by atoms with E-state index >= 15 is 0 Å². The minimum Gasteiger partial charge on any atom is -0.368 e. The van der Waals surface area contributed by atoms with Crippen LogP contribution >= 0.6 is 0 Å². The van der Waals surface area contributed by atoms with Gasteiger partial charge in [0.2, 0.25) is 5.91 Å². The number of primary amides is 1. The summed E-state index contributed by atoms with van der Waals surface area (Å²) in [4.78, 5) is 11.6. The SMILES string of the molecule is NC(=O)C(NS(=O)(=O)N1CCCCCC1)c1ccccc1. The Morgan fingerprint density at radius 1 is 1.10 bits per heavy atom. The van der Waals surface area contributed by atoms with Gasteiger partial charge in [0.25, 0.3) is 10.2 Å². The van der Waals surface area contributed by atoms with Crippen LogP contribution in [0, 0.1) is 0 Å². The maximum Gasteiger partial charge on any atom is 0.280 e. The van der Waals surface area contributed by atoms with Crippen LogP contribution in [0.15, 0.2) is 30.3 Å². The van der Waals surface area contributed by atoms with E-state index in [0.29, 0.717) is 18.7 Å². The van der Waals surface area contributed by atoms with Crippen molar-refractivity contribution in [2.45, 2.75) is 31.7 Å². The first-order chi connectivity index (χ1) is 10.0. The number of hydrogen-bond acceptors (Lipinski definition) is 3. The van der Waals surface area contributed by atoms with E-state index in [1.54, 1.807) is 30.3 Å². The Balaban J connectivity index is 2.17. The topological polar surface area (TPSA) is 92.5 Å². The zero-order valence-corrected chi connectivity index (χ0v) is 12.7. The molecule has 21 heavy (non-hydrogen) atoms. The molecule has 2 rings (SSSR count). The Bertz CT molecular complexity index is 566. The van der Waals surface area contributed by atoms with Gasteiger partial charge in [0.05, 0.1) is 0 Å². The normalized spacial score (nSPS) is 18.9. The molecule has 1 heterocycles. The van der Waals surface area contributed by atoms with Crippen molar-refractivity contribution in [3.05, 3.63) is 35.9 Å². The van der Waals surface area contributed by atoms with Crippen molar-refractivity contribution in [3.8, 4) is 0 Å². The third-order valence-electron chi connectivity index (χ3n) is 3.59. The predicted octanol–water partition coefficient (Wildman–Crippen LogP) is 0.923. The summed E-state index contributed by atoms with van der Waals surface area (Å²) in [5.74, 6) is -0.709. The van der Waals surface area contributed by atoms with Gasteiger partial charge in [-0.1, -0.05) is 43.2 Å². The number of amides is 1. The summed E-state index contributed by atoms with van der Waals surface area (Å²) in [6.45, 7) is 0.964. The minimum atomic E-state index is -3.72. The molecule has 0 spiro atoms. The summed E-state index contributed by atoms with van der Waals surface area (Å²) in [5.41, 5.74) is 5.90. The lowest BCUT2D eigenvalue weighted by Crippen LogP contribution is -2.46. The van der Waals surface area contributed by atoms with Gasteiger partial charge in [-0.25, -0.2) is 0 Å². The molecular weight excluding hydrogens is 290 g/mol. The van der Waals surface area contributed by atoms with Crippen LogP contribution in [0.5, 0.6) is 0 Å². The Labute approximate surface area is 125 Å². The number of hydrogen-bond donors (Lipinski definition) is 2. The highest BCUT2D eigenvalue weighted by molar-refractivity contribution is 7.87. The number of rotatable bonds is 5. The monoisotopic (exact) mass is 311 g/mol. The number of benzene rings is 1. The van der Waals surface area contributed by atoms with Crippen molar-refractivity contribution >= 4 is 16.1 Å². The van der Waals surface area contributed by atoms with Crippen LogP contribution in [-0.4, -0.2) is 31.7 Å². The Morgan fingerprint density at radius 3 is 2.19 bits per heavy atom. The van der Waals surface area contributed by atoms with Crippen LogP contribution in [-0.2, 0) is 15.0 Å². The minimum absolute atomic E-state index is 0.482. The standard InChI is InChI=1S/C14H21N3O3S/c15-14(18)13(12-8-4-3-5-9-12)16-21(19,20)17-10-6-1-2-7-11-17/h3-5,8-9,13,16H,1-2,6-7,10-11H2,(H2,15,18). The molecule has 3 N–H and O–H groups in total. The van der Waals surface area contributed by atoms with E-state index in [2.05, 4.69) is 4.72 Å². The first-order valence-corrected chi connectivity index (χ1v) is 8.56. The Hall–Kier alpha value is -1.44. The third-order valence-corrected chi connectivity index (χ3v) is 5.17. The highest BCUT2D eigenvalue weighted by Gasteiger charge is 2.29. The van der Waals surface area contributed by atoms with Gasteiger partial charge in [-0.3, -0.25) is 4.79 Å². The molecule has 1 aliphatic heterocycles. The van der Waals surface area contributed by atoms with E-state index in [9.17, 15) is 13.2 Å². The van der Waals surface area contributed by atoms with Crippen LogP contribution in [0.25, 0.3) is 0 Å². The molecule has 1 fully saturated rings. The van der Waals surface area contributed by atoms with Crippen LogP contribution in [0.2, 0.25) is 0 Å². The number of nitrogens with zero attached hydrogens (tertiary/aromatic N) is 1. The van der Waals surface area contributed by atoms with Gasteiger partial charge in [-0.2, -0.15) is 17.4 Å². The molecule has 0 saturated carbocycles. The van der Waals surface area contributed by atoms with Crippen LogP contribution in [0.4, 0.5) is 0 Å². The Morgan fingerprint density at radius 2 is 1.67 bits per heavy atom. The molecule has 1 saturated heterocycles. The molecule has 7 heteroatoms. The van der Waals surface area contributed by atoms with E-state index in [1.807, 2.05) is 0 Å². The van der Waals surface area contributed by atoms with Gasteiger partial charge >= 0.3 is 0 Å². The molecule has 6 nitrogen and oxygen atoms in total. The van der Waals surface area contributed by atoms with Crippen molar-refractivity contribution < 1.29 is 13.2 Å². The van der Waals surface area contributed by atoms with Gasteiger partial charge in [-0.05, 0) is 18.4 Å². The Kier molecular flexibility index (Phi) is 5.33. The quantitative estimate of drug-likeness (QED) is 0.847. The summed E-state index contributed by atoms with van der Waals surface area (Å²) in [6.07, 6.45) is 3.74. The number of nitrogens with two attached hydrogens (primary N) is 1. The zero-order chi connectivity index (χ0) is 15.3. The van der Waals surface area contributed by atoms with Crippen molar-refractivity contribution in [2.24, 2.45) is 5.73 Å². The maximum atomic E-state index is 12.4. The molecule has 1 aromatic carbocycles. The molecule has 0 bridgehead atoms. The molecule has 1 atom stereocenters. The average molecular weight is 311 g/mol. The molecule has 1 aromatic rings. The maximum absolute atomic E-state index is 12.4. The second-order valence-corrected chi connectivity index (χ2v) is 6.88. The van der Waals surface area contributed by atoms with Crippen LogP contribution in [0.3, 0.4) is 0 Å². The number of nitrogens with one attached hydrogen (secondary N) is 1. The van der Waals surface area contributed by atoms with Gasteiger partial charge in [0.1, 0.15) is 6.04 Å². The van der Waals surface area contributed by atoms with E-state index in [-0.39, 0.29) is 0 Å². The first kappa shape index (κ1) is 15.9. The zero-order valence-electron chi connectivity index (χ0n) is 11.9. The van der Waals surface area contributed by atoms with Gasteiger partial charge in [0, 0.05) is 13.1 Å². The smallest absolute Gasteiger partial charge is 0.280 e. The number of carbonyl (C=O) groups is 1. The van der Waals surface area contributed by atoms with Gasteiger partial charge in [0.15, 0.2) is 0 Å². The molecule has 1 unspecified atom stereocenters.